The zero-order valence-electron chi connectivity index (χ0n) is 12.0. The maximum atomic E-state index is 12.6. The average Bonchev–Trinajstić information content (AvgIpc) is 2.41. The SMILES string of the molecule is Cc1ccc(S(=O)(=O)N2CCC(C)C(N)C2)cc1[N+](=O)[O-]. The third kappa shape index (κ3) is 3.07. The molecule has 2 unspecified atom stereocenters. The third-order valence-electron chi connectivity index (χ3n) is 3.99. The number of hydrogen-bond donors (Lipinski definition) is 1. The standard InChI is InChI=1S/C13H19N3O4S/c1-9-5-6-15(8-12(9)14)21(19,20)11-4-3-10(2)13(7-11)16(17)18/h3-4,7,9,12H,5-6,8,14H2,1-2H3. The van der Waals surface area contributed by atoms with E-state index < -0.39 is 14.9 Å². The molecule has 1 aromatic rings. The lowest BCUT2D eigenvalue weighted by Gasteiger charge is -2.34. The molecular formula is C13H19N3O4S. The topological polar surface area (TPSA) is 107 Å². The molecule has 8 heteroatoms. The Hall–Kier alpha value is -1.51. The Morgan fingerprint density at radius 2 is 2.10 bits per heavy atom. The number of piperidine rings is 1. The highest BCUT2D eigenvalue weighted by Crippen LogP contribution is 2.27. The van der Waals surface area contributed by atoms with Crippen molar-refractivity contribution in [1.82, 2.24) is 4.31 Å². The van der Waals surface area contributed by atoms with Crippen molar-refractivity contribution in [3.05, 3.63) is 33.9 Å². The lowest BCUT2D eigenvalue weighted by atomic mass is 9.96. The van der Waals surface area contributed by atoms with Crippen molar-refractivity contribution in [1.29, 1.82) is 0 Å². The van der Waals surface area contributed by atoms with Crippen LogP contribution in [-0.2, 0) is 10.0 Å². The first-order valence-electron chi connectivity index (χ1n) is 6.74. The Morgan fingerprint density at radius 1 is 1.43 bits per heavy atom. The zero-order valence-corrected chi connectivity index (χ0v) is 12.8. The van der Waals surface area contributed by atoms with Crippen molar-refractivity contribution in [2.24, 2.45) is 11.7 Å². The van der Waals surface area contributed by atoms with Gasteiger partial charge in [-0.2, -0.15) is 4.31 Å². The highest BCUT2D eigenvalue weighted by Gasteiger charge is 2.32. The van der Waals surface area contributed by atoms with Crippen molar-refractivity contribution in [3.63, 3.8) is 0 Å². The first kappa shape index (κ1) is 15.9. The molecule has 1 aliphatic rings. The fraction of sp³-hybridized carbons (Fsp3) is 0.538. The molecule has 0 aromatic heterocycles. The van der Waals surface area contributed by atoms with E-state index in [2.05, 4.69) is 0 Å². The number of nitro groups is 1. The van der Waals surface area contributed by atoms with Crippen molar-refractivity contribution in [2.75, 3.05) is 13.1 Å². The lowest BCUT2D eigenvalue weighted by molar-refractivity contribution is -0.385. The summed E-state index contributed by atoms with van der Waals surface area (Å²) < 4.78 is 26.5. The molecule has 0 aliphatic carbocycles. The van der Waals surface area contributed by atoms with Crippen molar-refractivity contribution in [2.45, 2.75) is 31.2 Å². The number of nitrogens with zero attached hydrogens (tertiary/aromatic N) is 2. The highest BCUT2D eigenvalue weighted by atomic mass is 32.2. The molecule has 0 spiro atoms. The van der Waals surface area contributed by atoms with Gasteiger partial charge in [-0.1, -0.05) is 13.0 Å². The number of benzene rings is 1. The van der Waals surface area contributed by atoms with Gasteiger partial charge in [-0.25, -0.2) is 8.42 Å². The second kappa shape index (κ2) is 5.70. The van der Waals surface area contributed by atoms with E-state index in [9.17, 15) is 18.5 Å². The number of rotatable bonds is 3. The maximum Gasteiger partial charge on any atom is 0.273 e. The van der Waals surface area contributed by atoms with Crippen LogP contribution in [0.15, 0.2) is 23.1 Å². The Bertz CT molecular complexity index is 659. The number of sulfonamides is 1. The Labute approximate surface area is 123 Å². The minimum atomic E-state index is -3.74. The molecule has 21 heavy (non-hydrogen) atoms. The summed E-state index contributed by atoms with van der Waals surface area (Å²) in [6, 6.07) is 3.77. The van der Waals surface area contributed by atoms with Crippen LogP contribution in [0.4, 0.5) is 5.69 Å². The summed E-state index contributed by atoms with van der Waals surface area (Å²) in [7, 11) is -3.74. The number of nitrogens with two attached hydrogens (primary N) is 1. The highest BCUT2D eigenvalue weighted by molar-refractivity contribution is 7.89. The molecule has 1 heterocycles. The van der Waals surface area contributed by atoms with Crippen LogP contribution in [0, 0.1) is 23.0 Å². The van der Waals surface area contributed by atoms with Crippen LogP contribution in [0.25, 0.3) is 0 Å². The van der Waals surface area contributed by atoms with Gasteiger partial charge in [-0.3, -0.25) is 10.1 Å². The fourth-order valence-corrected chi connectivity index (χ4v) is 3.89. The van der Waals surface area contributed by atoms with Gasteiger partial charge in [-0.15, -0.1) is 0 Å². The van der Waals surface area contributed by atoms with E-state index in [0.717, 1.165) is 6.07 Å². The van der Waals surface area contributed by atoms with Crippen molar-refractivity contribution >= 4 is 15.7 Å². The van der Waals surface area contributed by atoms with Crippen LogP contribution in [0.5, 0.6) is 0 Å². The molecule has 1 aliphatic heterocycles. The molecular weight excluding hydrogens is 294 g/mol. The van der Waals surface area contributed by atoms with Gasteiger partial charge in [0.2, 0.25) is 10.0 Å². The Balaban J connectivity index is 2.36. The Kier molecular flexibility index (Phi) is 4.31. The van der Waals surface area contributed by atoms with Gasteiger partial charge in [0.15, 0.2) is 0 Å². The van der Waals surface area contributed by atoms with Gasteiger partial charge in [0.25, 0.3) is 5.69 Å². The number of aryl methyl sites for hydroxylation is 1. The van der Waals surface area contributed by atoms with Crippen LogP contribution in [-0.4, -0.2) is 36.8 Å². The molecule has 0 bridgehead atoms. The fourth-order valence-electron chi connectivity index (χ4n) is 2.38. The molecule has 2 atom stereocenters. The summed E-state index contributed by atoms with van der Waals surface area (Å²) in [5.41, 5.74) is 6.18. The maximum absolute atomic E-state index is 12.6. The second-order valence-corrected chi connectivity index (χ2v) is 7.44. The minimum Gasteiger partial charge on any atom is -0.326 e. The first-order chi connectivity index (χ1) is 9.73. The van der Waals surface area contributed by atoms with E-state index in [-0.39, 0.29) is 29.1 Å². The van der Waals surface area contributed by atoms with E-state index in [1.165, 1.54) is 16.4 Å². The molecule has 1 saturated heterocycles. The summed E-state index contributed by atoms with van der Waals surface area (Å²) in [6.07, 6.45) is 0.689. The molecule has 1 aromatic carbocycles. The van der Waals surface area contributed by atoms with Crippen molar-refractivity contribution < 1.29 is 13.3 Å². The molecule has 2 N–H and O–H groups in total. The van der Waals surface area contributed by atoms with Gasteiger partial charge < -0.3 is 5.73 Å². The van der Waals surface area contributed by atoms with Crippen molar-refractivity contribution in [3.8, 4) is 0 Å². The molecule has 1 fully saturated rings. The summed E-state index contributed by atoms with van der Waals surface area (Å²) in [6.45, 7) is 4.20. The molecule has 116 valence electrons. The summed E-state index contributed by atoms with van der Waals surface area (Å²) in [4.78, 5) is 10.3. The quantitative estimate of drug-likeness (QED) is 0.668. The minimum absolute atomic E-state index is 0.0541. The van der Waals surface area contributed by atoms with Crippen LogP contribution >= 0.6 is 0 Å². The first-order valence-corrected chi connectivity index (χ1v) is 8.18. The predicted molar refractivity (Wildman–Crippen MR) is 78.3 cm³/mol. The van der Waals surface area contributed by atoms with Crippen LogP contribution < -0.4 is 5.73 Å². The third-order valence-corrected chi connectivity index (χ3v) is 5.86. The number of hydrogen-bond acceptors (Lipinski definition) is 5. The average molecular weight is 313 g/mol. The number of nitro benzene ring substituents is 1. The van der Waals surface area contributed by atoms with Gasteiger partial charge in [0, 0.05) is 30.8 Å². The molecule has 7 nitrogen and oxygen atoms in total. The summed E-state index contributed by atoms with van der Waals surface area (Å²) in [5, 5.41) is 10.9. The lowest BCUT2D eigenvalue weighted by Crippen LogP contribution is -2.49. The summed E-state index contributed by atoms with van der Waals surface area (Å²) in [5.74, 6) is 0.267. The molecule has 0 radical (unpaired) electrons. The van der Waals surface area contributed by atoms with Gasteiger partial charge >= 0.3 is 0 Å². The predicted octanol–water partition coefficient (Wildman–Crippen LogP) is 1.26. The van der Waals surface area contributed by atoms with E-state index >= 15 is 0 Å². The smallest absolute Gasteiger partial charge is 0.273 e. The van der Waals surface area contributed by atoms with Crippen LogP contribution in [0.2, 0.25) is 0 Å². The normalized spacial score (nSPS) is 24.0. The molecule has 2 rings (SSSR count). The molecule has 0 amide bonds. The van der Waals surface area contributed by atoms with Crippen LogP contribution in [0.1, 0.15) is 18.9 Å². The van der Waals surface area contributed by atoms with E-state index in [1.54, 1.807) is 6.92 Å². The van der Waals surface area contributed by atoms with Gasteiger partial charge in [0.1, 0.15) is 0 Å². The summed E-state index contributed by atoms with van der Waals surface area (Å²) >= 11 is 0. The van der Waals surface area contributed by atoms with Gasteiger partial charge in [0.05, 0.1) is 9.82 Å². The van der Waals surface area contributed by atoms with E-state index in [1.807, 2.05) is 6.92 Å². The van der Waals surface area contributed by atoms with E-state index in [0.29, 0.717) is 18.5 Å². The van der Waals surface area contributed by atoms with E-state index in [4.69, 9.17) is 5.73 Å². The monoisotopic (exact) mass is 313 g/mol. The Morgan fingerprint density at radius 3 is 2.67 bits per heavy atom. The second-order valence-electron chi connectivity index (χ2n) is 5.50. The molecule has 0 saturated carbocycles. The van der Waals surface area contributed by atoms with Crippen LogP contribution in [0.3, 0.4) is 0 Å². The van der Waals surface area contributed by atoms with Gasteiger partial charge in [-0.05, 0) is 25.3 Å². The zero-order chi connectivity index (χ0) is 15.8. The largest absolute Gasteiger partial charge is 0.326 e.